The van der Waals surface area contributed by atoms with E-state index in [9.17, 15) is 0 Å². The lowest BCUT2D eigenvalue weighted by Crippen LogP contribution is -2.31. The zero-order valence-electron chi connectivity index (χ0n) is 14.9. The van der Waals surface area contributed by atoms with Gasteiger partial charge >= 0.3 is 0 Å². The summed E-state index contributed by atoms with van der Waals surface area (Å²) in [5.41, 5.74) is 8.13. The Labute approximate surface area is 147 Å². The second-order valence-corrected chi connectivity index (χ2v) is 7.92. The largest absolute Gasteiger partial charge is 0.481 e. The minimum Gasteiger partial charge on any atom is -0.481 e. The van der Waals surface area contributed by atoms with Crippen molar-refractivity contribution in [2.75, 3.05) is 0 Å². The Bertz CT molecular complexity index is 1030. The van der Waals surface area contributed by atoms with Gasteiger partial charge in [-0.1, -0.05) is 32.0 Å². The van der Waals surface area contributed by atoms with Gasteiger partial charge in [-0.2, -0.15) is 0 Å². The predicted molar refractivity (Wildman–Crippen MR) is 98.7 cm³/mol. The molecule has 124 valence electrons. The molecule has 0 radical (unpaired) electrons. The molecule has 3 heteroatoms. The maximum absolute atomic E-state index is 6.27. The molecular weight excluding hydrogens is 308 g/mol. The van der Waals surface area contributed by atoms with E-state index in [1.54, 1.807) is 0 Å². The number of hydrogen-bond acceptors (Lipinski definition) is 3. The molecule has 0 N–H and O–H groups in total. The molecule has 1 aliphatic heterocycles. The molecule has 5 rings (SSSR count). The minimum absolute atomic E-state index is 0.0990. The second kappa shape index (κ2) is 4.48. The van der Waals surface area contributed by atoms with E-state index in [2.05, 4.69) is 56.9 Å². The van der Waals surface area contributed by atoms with Crippen LogP contribution in [-0.2, 0) is 11.0 Å². The van der Waals surface area contributed by atoms with Crippen LogP contribution < -0.4 is 4.74 Å². The van der Waals surface area contributed by atoms with Gasteiger partial charge in [-0.15, -0.1) is 0 Å². The molecule has 2 aliphatic rings. The molecule has 0 saturated heterocycles. The van der Waals surface area contributed by atoms with E-state index in [1.165, 1.54) is 27.8 Å². The highest BCUT2D eigenvalue weighted by molar-refractivity contribution is 5.90. The van der Waals surface area contributed by atoms with Crippen molar-refractivity contribution in [1.29, 1.82) is 0 Å². The molecule has 3 aromatic rings. The highest BCUT2D eigenvalue weighted by Crippen LogP contribution is 2.56. The lowest BCUT2D eigenvalue weighted by atomic mass is 9.74. The molecule has 2 aromatic heterocycles. The van der Waals surface area contributed by atoms with Gasteiger partial charge in [0.15, 0.2) is 0 Å². The number of aromatic nitrogens is 2. The van der Waals surface area contributed by atoms with Crippen molar-refractivity contribution in [3.63, 3.8) is 0 Å². The third-order valence-electron chi connectivity index (χ3n) is 5.63. The fourth-order valence-electron chi connectivity index (χ4n) is 4.49. The molecule has 0 atom stereocenters. The van der Waals surface area contributed by atoms with Crippen LogP contribution in [0.15, 0.2) is 48.9 Å². The predicted octanol–water partition coefficient (Wildman–Crippen LogP) is 5.08. The molecule has 0 unspecified atom stereocenters. The Morgan fingerprint density at radius 3 is 2.56 bits per heavy atom. The van der Waals surface area contributed by atoms with Gasteiger partial charge in [0.2, 0.25) is 0 Å². The van der Waals surface area contributed by atoms with E-state index in [-0.39, 0.29) is 5.41 Å². The monoisotopic (exact) mass is 328 g/mol. The summed E-state index contributed by atoms with van der Waals surface area (Å²) in [5.74, 6) is 0.855. The van der Waals surface area contributed by atoms with E-state index >= 15 is 0 Å². The maximum Gasteiger partial charge on any atom is 0.146 e. The van der Waals surface area contributed by atoms with Gasteiger partial charge in [0, 0.05) is 34.5 Å². The topological polar surface area (TPSA) is 35.0 Å². The van der Waals surface area contributed by atoms with E-state index in [1.807, 2.05) is 24.7 Å². The minimum atomic E-state index is -0.390. The van der Waals surface area contributed by atoms with E-state index in [0.29, 0.717) is 0 Å². The average Bonchev–Trinajstić information content (AvgIpc) is 2.83. The zero-order chi connectivity index (χ0) is 17.4. The number of benzene rings is 1. The summed E-state index contributed by atoms with van der Waals surface area (Å²) in [7, 11) is 0. The Hall–Kier alpha value is -2.68. The number of nitrogens with zero attached hydrogens (tertiary/aromatic N) is 2. The summed E-state index contributed by atoms with van der Waals surface area (Å²) in [5, 5.41) is 0. The van der Waals surface area contributed by atoms with Gasteiger partial charge in [-0.3, -0.25) is 9.97 Å². The fourth-order valence-corrected chi connectivity index (χ4v) is 4.49. The van der Waals surface area contributed by atoms with Gasteiger partial charge < -0.3 is 4.74 Å². The van der Waals surface area contributed by atoms with Gasteiger partial charge in [0.25, 0.3) is 0 Å². The number of ether oxygens (including phenoxy) is 1. The number of rotatable bonds is 0. The standard InChI is InChI=1S/C22H20N2O/c1-21(2)16-6-5-10-24-20(16)14-7-8-15-18(19(14)21)13-9-11-23-12-17(13)25-22(15,3)4/h5-12H,1-4H3. The van der Waals surface area contributed by atoms with Crippen LogP contribution in [0.4, 0.5) is 0 Å². The van der Waals surface area contributed by atoms with Crippen molar-refractivity contribution in [3.05, 3.63) is 65.6 Å². The van der Waals surface area contributed by atoms with Gasteiger partial charge in [0.1, 0.15) is 11.4 Å². The summed E-state index contributed by atoms with van der Waals surface area (Å²) in [6.45, 7) is 8.84. The first kappa shape index (κ1) is 14.6. The number of pyridine rings is 2. The third kappa shape index (κ3) is 1.76. The van der Waals surface area contributed by atoms with Crippen LogP contribution in [0.1, 0.15) is 44.4 Å². The molecule has 0 amide bonds. The Morgan fingerprint density at radius 2 is 1.72 bits per heavy atom. The maximum atomic E-state index is 6.27. The van der Waals surface area contributed by atoms with Crippen molar-refractivity contribution in [1.82, 2.24) is 9.97 Å². The van der Waals surface area contributed by atoms with Gasteiger partial charge in [0.05, 0.1) is 11.9 Å². The Balaban J connectivity index is 1.94. The summed E-state index contributed by atoms with van der Waals surface area (Å²) in [4.78, 5) is 8.96. The fraction of sp³-hybridized carbons (Fsp3) is 0.273. The van der Waals surface area contributed by atoms with Crippen molar-refractivity contribution < 1.29 is 4.74 Å². The normalized spacial score (nSPS) is 17.8. The SMILES string of the molecule is CC1(C)Oc2cnccc2-c2c1ccc1c2C(C)(C)c2cccnc2-1. The lowest BCUT2D eigenvalue weighted by molar-refractivity contribution is 0.105. The molecule has 0 bridgehead atoms. The first-order chi connectivity index (χ1) is 11.9. The van der Waals surface area contributed by atoms with E-state index < -0.39 is 5.60 Å². The summed E-state index contributed by atoms with van der Waals surface area (Å²) >= 11 is 0. The second-order valence-electron chi connectivity index (χ2n) is 7.92. The van der Waals surface area contributed by atoms with Crippen LogP contribution in [-0.4, -0.2) is 9.97 Å². The summed E-state index contributed by atoms with van der Waals surface area (Å²) in [6.07, 6.45) is 5.55. The first-order valence-electron chi connectivity index (χ1n) is 8.68. The zero-order valence-corrected chi connectivity index (χ0v) is 14.9. The molecule has 25 heavy (non-hydrogen) atoms. The molecule has 3 nitrogen and oxygen atoms in total. The molecule has 0 saturated carbocycles. The quantitative estimate of drug-likeness (QED) is 0.577. The van der Waals surface area contributed by atoms with Crippen LogP contribution >= 0.6 is 0 Å². The Kier molecular flexibility index (Phi) is 2.63. The molecule has 1 aliphatic carbocycles. The Morgan fingerprint density at radius 1 is 0.880 bits per heavy atom. The summed E-state index contributed by atoms with van der Waals surface area (Å²) in [6, 6.07) is 10.7. The van der Waals surface area contributed by atoms with Crippen LogP contribution in [0.3, 0.4) is 0 Å². The van der Waals surface area contributed by atoms with Crippen molar-refractivity contribution in [3.8, 4) is 28.1 Å². The highest BCUT2D eigenvalue weighted by atomic mass is 16.5. The molecule has 0 fully saturated rings. The number of fused-ring (bicyclic) bond motifs is 7. The summed E-state index contributed by atoms with van der Waals surface area (Å²) < 4.78 is 6.27. The van der Waals surface area contributed by atoms with Crippen molar-refractivity contribution in [2.45, 2.75) is 38.7 Å². The van der Waals surface area contributed by atoms with E-state index in [0.717, 1.165) is 17.0 Å². The molecular formula is C22H20N2O. The lowest BCUT2D eigenvalue weighted by Gasteiger charge is -2.37. The average molecular weight is 328 g/mol. The van der Waals surface area contributed by atoms with Crippen molar-refractivity contribution in [2.24, 2.45) is 0 Å². The van der Waals surface area contributed by atoms with Crippen LogP contribution in [0.2, 0.25) is 0 Å². The van der Waals surface area contributed by atoms with Crippen LogP contribution in [0, 0.1) is 0 Å². The van der Waals surface area contributed by atoms with Crippen molar-refractivity contribution >= 4 is 0 Å². The molecule has 0 spiro atoms. The number of hydrogen-bond donors (Lipinski definition) is 0. The van der Waals surface area contributed by atoms with Crippen LogP contribution in [0.25, 0.3) is 22.4 Å². The van der Waals surface area contributed by atoms with Gasteiger partial charge in [-0.05, 0) is 42.7 Å². The first-order valence-corrected chi connectivity index (χ1v) is 8.68. The smallest absolute Gasteiger partial charge is 0.146 e. The highest BCUT2D eigenvalue weighted by Gasteiger charge is 2.43. The molecule has 3 heterocycles. The molecule has 1 aromatic carbocycles. The third-order valence-corrected chi connectivity index (χ3v) is 5.63. The van der Waals surface area contributed by atoms with Gasteiger partial charge in [-0.25, -0.2) is 0 Å². The van der Waals surface area contributed by atoms with Crippen LogP contribution in [0.5, 0.6) is 5.75 Å². The van der Waals surface area contributed by atoms with E-state index in [4.69, 9.17) is 9.72 Å².